The molecule has 2 atom stereocenters. The molecule has 2 fully saturated rings. The highest BCUT2D eigenvalue weighted by molar-refractivity contribution is 8.23. The van der Waals surface area contributed by atoms with E-state index in [9.17, 15) is 9.59 Å². The quantitative estimate of drug-likeness (QED) is 0.809. The highest BCUT2D eigenvalue weighted by atomic mass is 32.2. The van der Waals surface area contributed by atoms with Crippen molar-refractivity contribution >= 4 is 40.1 Å². The van der Waals surface area contributed by atoms with Gasteiger partial charge in [0.2, 0.25) is 11.8 Å². The zero-order valence-corrected chi connectivity index (χ0v) is 13.0. The Morgan fingerprint density at radius 2 is 2.32 bits per heavy atom. The molecule has 2 rings (SSSR count). The molecule has 2 heterocycles. The topological polar surface area (TPSA) is 49.4 Å². The summed E-state index contributed by atoms with van der Waals surface area (Å²) in [5, 5.41) is 2.89. The van der Waals surface area contributed by atoms with E-state index in [1.165, 1.54) is 0 Å². The Labute approximate surface area is 123 Å². The van der Waals surface area contributed by atoms with Gasteiger partial charge in [0.05, 0.1) is 0 Å². The molecular weight excluding hydrogens is 280 g/mol. The maximum atomic E-state index is 12.4. The summed E-state index contributed by atoms with van der Waals surface area (Å²) >= 11 is 6.87. The van der Waals surface area contributed by atoms with Gasteiger partial charge >= 0.3 is 0 Å². The summed E-state index contributed by atoms with van der Waals surface area (Å²) in [6, 6.07) is 0.180. The van der Waals surface area contributed by atoms with Crippen molar-refractivity contribution in [2.75, 3.05) is 5.75 Å². The number of piperidine rings is 1. The first-order chi connectivity index (χ1) is 8.99. The van der Waals surface area contributed by atoms with E-state index in [0.29, 0.717) is 23.1 Å². The van der Waals surface area contributed by atoms with E-state index in [0.717, 1.165) is 18.6 Å². The lowest BCUT2D eigenvalue weighted by Crippen LogP contribution is -2.46. The van der Waals surface area contributed by atoms with Crippen LogP contribution in [0.15, 0.2) is 0 Å². The molecule has 2 aliphatic rings. The molecule has 4 nitrogen and oxygen atoms in total. The van der Waals surface area contributed by atoms with Crippen LogP contribution in [0.3, 0.4) is 0 Å². The van der Waals surface area contributed by atoms with Crippen molar-refractivity contribution in [2.45, 2.75) is 51.6 Å². The van der Waals surface area contributed by atoms with Crippen molar-refractivity contribution in [3.05, 3.63) is 0 Å². The van der Waals surface area contributed by atoms with Gasteiger partial charge < -0.3 is 5.32 Å². The summed E-state index contributed by atoms with van der Waals surface area (Å²) in [5.41, 5.74) is 0. The van der Waals surface area contributed by atoms with Crippen molar-refractivity contribution in [3.63, 3.8) is 0 Å². The van der Waals surface area contributed by atoms with E-state index in [1.807, 2.05) is 0 Å². The van der Waals surface area contributed by atoms with Crippen molar-refractivity contribution < 1.29 is 9.59 Å². The lowest BCUT2D eigenvalue weighted by Gasteiger charge is -2.29. The molecule has 2 amide bonds. The van der Waals surface area contributed by atoms with Crippen LogP contribution < -0.4 is 5.32 Å². The number of carbonyl (C=O) groups is 2. The molecule has 106 valence electrons. The summed E-state index contributed by atoms with van der Waals surface area (Å²) in [6.07, 6.45) is 2.71. The van der Waals surface area contributed by atoms with Crippen molar-refractivity contribution in [2.24, 2.45) is 5.92 Å². The number of nitrogens with zero attached hydrogens (tertiary/aromatic N) is 1. The average Bonchev–Trinajstić information content (AvgIpc) is 2.71. The standard InChI is InChI=1S/C13H20N2O2S2/c1-8(2)10-7-19-13(18)15(10)12(17)6-9-4-3-5-11(16)14-9/h8-10H,3-7H2,1-2H3,(H,14,16)/t9-,10+/m1/s1. The fourth-order valence-electron chi connectivity index (χ4n) is 2.56. The van der Waals surface area contributed by atoms with Crippen LogP contribution >= 0.6 is 24.0 Å². The Kier molecular flexibility index (Phi) is 4.84. The van der Waals surface area contributed by atoms with Gasteiger partial charge in [0.1, 0.15) is 4.32 Å². The zero-order valence-electron chi connectivity index (χ0n) is 11.3. The van der Waals surface area contributed by atoms with Gasteiger partial charge in [-0.3, -0.25) is 14.5 Å². The largest absolute Gasteiger partial charge is 0.353 e. The van der Waals surface area contributed by atoms with Crippen LogP contribution in [-0.2, 0) is 9.59 Å². The number of carbonyl (C=O) groups excluding carboxylic acids is 2. The Balaban J connectivity index is 1.98. The second kappa shape index (κ2) is 6.22. The second-order valence-corrected chi connectivity index (χ2v) is 7.17. The summed E-state index contributed by atoms with van der Waals surface area (Å²) in [4.78, 5) is 25.5. The van der Waals surface area contributed by atoms with Crippen molar-refractivity contribution in [1.82, 2.24) is 10.2 Å². The predicted octanol–water partition coefficient (Wildman–Crippen LogP) is 1.93. The molecule has 0 aromatic carbocycles. The molecule has 0 aromatic heterocycles. The first kappa shape index (κ1) is 14.8. The van der Waals surface area contributed by atoms with E-state index in [-0.39, 0.29) is 23.9 Å². The third kappa shape index (κ3) is 3.48. The maximum Gasteiger partial charge on any atom is 0.230 e. The van der Waals surface area contributed by atoms with E-state index < -0.39 is 0 Å². The Morgan fingerprint density at radius 1 is 1.58 bits per heavy atom. The number of thioether (sulfide) groups is 1. The highest BCUT2D eigenvalue weighted by Crippen LogP contribution is 2.30. The first-order valence-corrected chi connectivity index (χ1v) is 8.16. The second-order valence-electron chi connectivity index (χ2n) is 5.51. The molecule has 2 saturated heterocycles. The molecular formula is C13H20N2O2S2. The minimum absolute atomic E-state index is 0.0186. The van der Waals surface area contributed by atoms with Gasteiger partial charge in [0, 0.05) is 30.7 Å². The van der Waals surface area contributed by atoms with E-state index >= 15 is 0 Å². The van der Waals surface area contributed by atoms with Crippen molar-refractivity contribution in [3.8, 4) is 0 Å². The molecule has 2 aliphatic heterocycles. The van der Waals surface area contributed by atoms with Crippen LogP contribution in [-0.4, -0.2) is 38.9 Å². The molecule has 1 N–H and O–H groups in total. The summed E-state index contributed by atoms with van der Waals surface area (Å²) < 4.78 is 0.686. The number of rotatable bonds is 3. The van der Waals surface area contributed by atoms with Crippen LogP contribution in [0.25, 0.3) is 0 Å². The van der Waals surface area contributed by atoms with E-state index in [2.05, 4.69) is 19.2 Å². The van der Waals surface area contributed by atoms with Gasteiger partial charge in [0.15, 0.2) is 0 Å². The molecule has 19 heavy (non-hydrogen) atoms. The fraction of sp³-hybridized carbons (Fsp3) is 0.769. The van der Waals surface area contributed by atoms with Crippen molar-refractivity contribution in [1.29, 1.82) is 0 Å². The van der Waals surface area contributed by atoms with E-state index in [4.69, 9.17) is 12.2 Å². The van der Waals surface area contributed by atoms with E-state index in [1.54, 1.807) is 16.7 Å². The third-order valence-electron chi connectivity index (χ3n) is 3.69. The van der Waals surface area contributed by atoms with Crippen LogP contribution in [0.4, 0.5) is 0 Å². The summed E-state index contributed by atoms with van der Waals surface area (Å²) in [7, 11) is 0. The normalized spacial score (nSPS) is 27.8. The van der Waals surface area contributed by atoms with Crippen LogP contribution in [0.1, 0.15) is 39.5 Å². The first-order valence-electron chi connectivity index (χ1n) is 6.77. The molecule has 0 saturated carbocycles. The molecule has 0 unspecified atom stereocenters. The molecule has 6 heteroatoms. The molecule has 0 spiro atoms. The number of hydrogen-bond acceptors (Lipinski definition) is 4. The summed E-state index contributed by atoms with van der Waals surface area (Å²) in [5.74, 6) is 1.40. The predicted molar refractivity (Wildman–Crippen MR) is 80.9 cm³/mol. The van der Waals surface area contributed by atoms with Gasteiger partial charge in [-0.1, -0.05) is 37.8 Å². The smallest absolute Gasteiger partial charge is 0.230 e. The zero-order chi connectivity index (χ0) is 14.0. The molecule has 0 aromatic rings. The lowest BCUT2D eigenvalue weighted by atomic mass is 9.99. The Hall–Kier alpha value is -0.620. The van der Waals surface area contributed by atoms with Gasteiger partial charge in [-0.05, 0) is 18.8 Å². The monoisotopic (exact) mass is 300 g/mol. The molecule has 0 radical (unpaired) electrons. The Morgan fingerprint density at radius 3 is 2.95 bits per heavy atom. The van der Waals surface area contributed by atoms with Gasteiger partial charge in [-0.25, -0.2) is 0 Å². The van der Waals surface area contributed by atoms with Gasteiger partial charge in [-0.2, -0.15) is 0 Å². The number of thiocarbonyl (C=S) groups is 1. The Bertz CT molecular complexity index is 398. The van der Waals surface area contributed by atoms with Crippen LogP contribution in [0.2, 0.25) is 0 Å². The van der Waals surface area contributed by atoms with Crippen LogP contribution in [0.5, 0.6) is 0 Å². The average molecular weight is 300 g/mol. The van der Waals surface area contributed by atoms with Gasteiger partial charge in [0.25, 0.3) is 0 Å². The summed E-state index contributed by atoms with van der Waals surface area (Å²) in [6.45, 7) is 4.23. The lowest BCUT2D eigenvalue weighted by molar-refractivity contribution is -0.130. The number of hydrogen-bond donors (Lipinski definition) is 1. The SMILES string of the molecule is CC(C)[C@@H]1CSC(=S)N1C(=O)C[C@H]1CCCC(=O)N1. The number of nitrogens with one attached hydrogen (secondary N) is 1. The molecule has 0 bridgehead atoms. The third-order valence-corrected chi connectivity index (χ3v) is 5.19. The molecule has 0 aliphatic carbocycles. The van der Waals surface area contributed by atoms with Crippen LogP contribution in [0, 0.1) is 5.92 Å². The number of amides is 2. The maximum absolute atomic E-state index is 12.4. The van der Waals surface area contributed by atoms with Gasteiger partial charge in [-0.15, -0.1) is 0 Å². The highest BCUT2D eigenvalue weighted by Gasteiger charge is 2.36. The minimum Gasteiger partial charge on any atom is -0.353 e. The minimum atomic E-state index is -0.0186. The fourth-order valence-corrected chi connectivity index (χ4v) is 4.22.